The summed E-state index contributed by atoms with van der Waals surface area (Å²) in [7, 11) is 0. The Kier molecular flexibility index (Phi) is 2.49. The third-order valence-electron chi connectivity index (χ3n) is 1.68. The molecule has 0 atom stereocenters. The molecule has 0 saturated heterocycles. The Morgan fingerprint density at radius 2 is 2.14 bits per heavy atom. The van der Waals surface area contributed by atoms with Crippen LogP contribution in [0.2, 0.25) is 0 Å². The fourth-order valence-corrected chi connectivity index (χ4v) is 1.33. The average Bonchev–Trinajstić information content (AvgIpc) is 2.23. The van der Waals surface area contributed by atoms with Crippen molar-refractivity contribution in [2.45, 2.75) is 0 Å². The van der Waals surface area contributed by atoms with E-state index in [1.807, 2.05) is 0 Å². The van der Waals surface area contributed by atoms with Gasteiger partial charge in [-0.1, -0.05) is 0 Å². The number of rotatable bonds is 1. The van der Waals surface area contributed by atoms with Gasteiger partial charge in [0.1, 0.15) is 16.6 Å². The summed E-state index contributed by atoms with van der Waals surface area (Å²) in [6.45, 7) is 0. The molecular weight excluding hydrogens is 249 g/mol. The predicted molar refractivity (Wildman–Crippen MR) is 52.9 cm³/mol. The second-order valence-corrected chi connectivity index (χ2v) is 3.32. The lowest BCUT2D eigenvalue weighted by Crippen LogP contribution is -1.93. The zero-order chi connectivity index (χ0) is 9.97. The van der Waals surface area contributed by atoms with Gasteiger partial charge in [-0.05, 0) is 28.1 Å². The highest BCUT2D eigenvalue weighted by molar-refractivity contribution is 9.10. The second kappa shape index (κ2) is 3.79. The normalized spacial score (nSPS) is 10.1. The summed E-state index contributed by atoms with van der Waals surface area (Å²) in [6, 6.07) is 3.47. The molecule has 70 valence electrons. The molecule has 0 spiro atoms. The van der Waals surface area contributed by atoms with Gasteiger partial charge in [-0.15, -0.1) is 0 Å². The Labute approximate surface area is 88.2 Å². The fourth-order valence-electron chi connectivity index (χ4n) is 1.05. The average molecular weight is 254 g/mol. The molecule has 0 radical (unpaired) electrons. The molecule has 2 aromatic heterocycles. The molecule has 0 bridgehead atoms. The van der Waals surface area contributed by atoms with Crippen LogP contribution in [0.15, 0.2) is 35.5 Å². The molecule has 0 aliphatic carbocycles. The lowest BCUT2D eigenvalue weighted by Gasteiger charge is -2.01. The highest BCUT2D eigenvalue weighted by Crippen LogP contribution is 2.22. The van der Waals surface area contributed by atoms with Crippen molar-refractivity contribution in [3.63, 3.8) is 0 Å². The first-order valence-electron chi connectivity index (χ1n) is 3.85. The van der Waals surface area contributed by atoms with Gasteiger partial charge in [0.2, 0.25) is 0 Å². The van der Waals surface area contributed by atoms with Crippen LogP contribution in [-0.2, 0) is 0 Å². The van der Waals surface area contributed by atoms with Gasteiger partial charge in [0.25, 0.3) is 0 Å². The van der Waals surface area contributed by atoms with E-state index in [2.05, 4.69) is 30.9 Å². The summed E-state index contributed by atoms with van der Waals surface area (Å²) in [5.74, 6) is -0.472. The van der Waals surface area contributed by atoms with E-state index in [1.54, 1.807) is 24.5 Å². The van der Waals surface area contributed by atoms with Crippen molar-refractivity contribution in [3.05, 3.63) is 41.3 Å². The molecule has 2 heterocycles. The van der Waals surface area contributed by atoms with E-state index in [1.165, 1.54) is 6.33 Å². The molecule has 14 heavy (non-hydrogen) atoms. The largest absolute Gasteiger partial charge is 0.264 e. The molecule has 0 N–H and O–H groups in total. The van der Waals surface area contributed by atoms with E-state index in [4.69, 9.17) is 0 Å². The molecule has 3 nitrogen and oxygen atoms in total. The summed E-state index contributed by atoms with van der Waals surface area (Å²) in [6.07, 6.45) is 4.48. The lowest BCUT2D eigenvalue weighted by atomic mass is 10.2. The number of hydrogen-bond donors (Lipinski definition) is 0. The minimum atomic E-state index is -0.472. The first-order valence-corrected chi connectivity index (χ1v) is 4.64. The number of pyridine rings is 1. The third-order valence-corrected chi connectivity index (χ3v) is 2.23. The van der Waals surface area contributed by atoms with Crippen molar-refractivity contribution >= 4 is 15.9 Å². The third kappa shape index (κ3) is 1.63. The number of halogens is 2. The van der Waals surface area contributed by atoms with Crippen LogP contribution in [0.25, 0.3) is 11.3 Å². The highest BCUT2D eigenvalue weighted by atomic mass is 79.9. The van der Waals surface area contributed by atoms with Crippen LogP contribution < -0.4 is 0 Å². The number of hydrogen-bond acceptors (Lipinski definition) is 3. The number of nitrogens with zero attached hydrogens (tertiary/aromatic N) is 3. The Bertz CT molecular complexity index is 447. The standard InChI is InChI=1S/C9H5BrFN3/c10-9-7(11)8(13-5-14-9)6-2-1-3-12-4-6/h1-5H. The van der Waals surface area contributed by atoms with Gasteiger partial charge in [-0.25, -0.2) is 14.4 Å². The van der Waals surface area contributed by atoms with Crippen molar-refractivity contribution < 1.29 is 4.39 Å². The van der Waals surface area contributed by atoms with Crippen molar-refractivity contribution in [2.24, 2.45) is 0 Å². The van der Waals surface area contributed by atoms with Crippen LogP contribution in [0, 0.1) is 5.82 Å². The molecule has 0 aliphatic rings. The molecule has 0 aliphatic heterocycles. The van der Waals surface area contributed by atoms with Crippen molar-refractivity contribution in [3.8, 4) is 11.3 Å². The van der Waals surface area contributed by atoms with E-state index in [9.17, 15) is 4.39 Å². The summed E-state index contributed by atoms with van der Waals surface area (Å²) in [4.78, 5) is 11.4. The van der Waals surface area contributed by atoms with Crippen molar-refractivity contribution in [1.82, 2.24) is 15.0 Å². The van der Waals surface area contributed by atoms with Crippen molar-refractivity contribution in [2.75, 3.05) is 0 Å². The first-order chi connectivity index (χ1) is 6.79. The maximum Gasteiger partial charge on any atom is 0.182 e. The van der Waals surface area contributed by atoms with Gasteiger partial charge >= 0.3 is 0 Å². The molecule has 0 fully saturated rings. The maximum atomic E-state index is 13.5. The minimum Gasteiger partial charge on any atom is -0.264 e. The molecule has 0 unspecified atom stereocenters. The van der Waals surface area contributed by atoms with Gasteiger partial charge in [0.05, 0.1) is 0 Å². The van der Waals surface area contributed by atoms with Crippen LogP contribution in [0.3, 0.4) is 0 Å². The van der Waals surface area contributed by atoms with E-state index in [0.29, 0.717) is 5.56 Å². The summed E-state index contributed by atoms with van der Waals surface area (Å²) < 4.78 is 13.6. The van der Waals surface area contributed by atoms with Gasteiger partial charge in [-0.2, -0.15) is 0 Å². The van der Waals surface area contributed by atoms with Gasteiger partial charge < -0.3 is 0 Å². The molecule has 0 aromatic carbocycles. The second-order valence-electron chi connectivity index (χ2n) is 2.57. The first kappa shape index (κ1) is 9.21. The Morgan fingerprint density at radius 3 is 2.86 bits per heavy atom. The molecule has 5 heteroatoms. The monoisotopic (exact) mass is 253 g/mol. The highest BCUT2D eigenvalue weighted by Gasteiger charge is 2.10. The Hall–Kier alpha value is -1.36. The quantitative estimate of drug-likeness (QED) is 0.733. The maximum absolute atomic E-state index is 13.5. The SMILES string of the molecule is Fc1c(Br)ncnc1-c1cccnc1. The molecular formula is C9H5BrFN3. The van der Waals surface area contributed by atoms with Crippen LogP contribution >= 0.6 is 15.9 Å². The molecule has 0 saturated carbocycles. The van der Waals surface area contributed by atoms with Gasteiger partial charge in [0, 0.05) is 18.0 Å². The van der Waals surface area contributed by atoms with Crippen LogP contribution in [0.1, 0.15) is 0 Å². The Morgan fingerprint density at radius 1 is 1.29 bits per heavy atom. The summed E-state index contributed by atoms with van der Waals surface area (Å²) >= 11 is 3.00. The Balaban J connectivity index is 2.58. The summed E-state index contributed by atoms with van der Waals surface area (Å²) in [5, 5.41) is 0. The van der Waals surface area contributed by atoms with Crippen LogP contribution in [-0.4, -0.2) is 15.0 Å². The molecule has 2 aromatic rings. The van der Waals surface area contributed by atoms with Crippen molar-refractivity contribution in [1.29, 1.82) is 0 Å². The molecule has 0 amide bonds. The van der Waals surface area contributed by atoms with E-state index in [-0.39, 0.29) is 10.3 Å². The zero-order valence-electron chi connectivity index (χ0n) is 6.98. The summed E-state index contributed by atoms with van der Waals surface area (Å²) in [5.41, 5.74) is 0.882. The zero-order valence-corrected chi connectivity index (χ0v) is 8.57. The van der Waals surface area contributed by atoms with Gasteiger partial charge in [-0.3, -0.25) is 4.98 Å². The van der Waals surface area contributed by atoms with E-state index in [0.717, 1.165) is 0 Å². The van der Waals surface area contributed by atoms with Gasteiger partial charge in [0.15, 0.2) is 5.82 Å². The van der Waals surface area contributed by atoms with Crippen LogP contribution in [0.5, 0.6) is 0 Å². The van der Waals surface area contributed by atoms with E-state index < -0.39 is 5.82 Å². The lowest BCUT2D eigenvalue weighted by molar-refractivity contribution is 0.609. The fraction of sp³-hybridized carbons (Fsp3) is 0. The smallest absolute Gasteiger partial charge is 0.182 e. The minimum absolute atomic E-state index is 0.159. The van der Waals surface area contributed by atoms with Crippen LogP contribution in [0.4, 0.5) is 4.39 Å². The molecule has 2 rings (SSSR count). The predicted octanol–water partition coefficient (Wildman–Crippen LogP) is 2.44. The number of aromatic nitrogens is 3. The topological polar surface area (TPSA) is 38.7 Å². The van der Waals surface area contributed by atoms with E-state index >= 15 is 0 Å².